The number of carboxylic acids is 2. The molecule has 0 saturated heterocycles. The molecule has 2 aromatic carbocycles. The quantitative estimate of drug-likeness (QED) is 0.195. The Labute approximate surface area is 251 Å². The molecule has 1 amide bonds. The number of carbonyl (C=O) groups excluding carboxylic acids is 2. The Kier molecular flexibility index (Phi) is 8.77. The molecule has 5 rings (SSSR count). The molecule has 1 saturated carbocycles. The van der Waals surface area contributed by atoms with E-state index in [1.165, 1.54) is 18.3 Å². The summed E-state index contributed by atoms with van der Waals surface area (Å²) in [6.45, 7) is 2.95. The van der Waals surface area contributed by atoms with Gasteiger partial charge in [-0.3, -0.25) is 19.2 Å². The van der Waals surface area contributed by atoms with Gasteiger partial charge in [0.2, 0.25) is 5.91 Å². The molecule has 228 valence electrons. The number of hydrogen-bond donors (Lipinski definition) is 2. The van der Waals surface area contributed by atoms with Gasteiger partial charge < -0.3 is 34.1 Å². The molecule has 2 N–H and O–H groups in total. The van der Waals surface area contributed by atoms with Crippen molar-refractivity contribution >= 4 is 45.1 Å². The van der Waals surface area contributed by atoms with Gasteiger partial charge >= 0.3 is 11.9 Å². The number of rotatable bonds is 14. The van der Waals surface area contributed by atoms with Crippen LogP contribution in [0.3, 0.4) is 0 Å². The van der Waals surface area contributed by atoms with Crippen molar-refractivity contribution in [3.63, 3.8) is 0 Å². The molecule has 12 heteroatoms. The summed E-state index contributed by atoms with van der Waals surface area (Å²) in [6.07, 6.45) is 0.872. The molecular formula is C31H33NO10S. The van der Waals surface area contributed by atoms with Gasteiger partial charge in [0.05, 0.1) is 44.1 Å². The van der Waals surface area contributed by atoms with Gasteiger partial charge in [0.25, 0.3) is 0 Å². The Morgan fingerprint density at radius 3 is 2.07 bits per heavy atom. The van der Waals surface area contributed by atoms with Crippen LogP contribution in [0.15, 0.2) is 30.3 Å². The van der Waals surface area contributed by atoms with E-state index in [9.17, 15) is 19.2 Å². The number of amides is 1. The lowest BCUT2D eigenvalue weighted by Gasteiger charge is -2.16. The van der Waals surface area contributed by atoms with Crippen LogP contribution in [0, 0.1) is 17.8 Å². The van der Waals surface area contributed by atoms with Crippen LogP contribution in [0.25, 0.3) is 10.1 Å². The standard InChI is InChI=1S/C31H33NO10S/c1-16(30(35)36)7-28(33)32-14-18-9-22(39-2)25(10-19(18)15-32)42-6-4-5-41-24-8-17-11-27(43-26(17)13-23(24)40-3)29(34)20-12-21(20)31(37)38/h8-11,13,16,20-21H,4-7,12,14-15H2,1-3H3,(H,35,36)(H,37,38)/t16-,20+,21+/m0/s1. The highest BCUT2D eigenvalue weighted by Crippen LogP contribution is 2.44. The molecule has 0 bridgehead atoms. The number of methoxy groups -OCH3 is 2. The Morgan fingerprint density at radius 1 is 0.884 bits per heavy atom. The van der Waals surface area contributed by atoms with Crippen LogP contribution in [0.5, 0.6) is 23.0 Å². The highest BCUT2D eigenvalue weighted by Gasteiger charge is 2.48. The fourth-order valence-corrected chi connectivity index (χ4v) is 6.21. The second kappa shape index (κ2) is 12.5. The molecular weight excluding hydrogens is 578 g/mol. The van der Waals surface area contributed by atoms with Gasteiger partial charge in [0.15, 0.2) is 28.8 Å². The maximum Gasteiger partial charge on any atom is 0.307 e. The van der Waals surface area contributed by atoms with Crippen molar-refractivity contribution < 1.29 is 48.3 Å². The minimum atomic E-state index is -0.997. The summed E-state index contributed by atoms with van der Waals surface area (Å²) in [7, 11) is 3.09. The highest BCUT2D eigenvalue weighted by atomic mass is 32.1. The van der Waals surface area contributed by atoms with Gasteiger partial charge in [-0.1, -0.05) is 6.92 Å². The first-order valence-electron chi connectivity index (χ1n) is 13.9. The van der Waals surface area contributed by atoms with Crippen LogP contribution in [0.1, 0.15) is 47.0 Å². The molecule has 43 heavy (non-hydrogen) atoms. The van der Waals surface area contributed by atoms with Crippen LogP contribution >= 0.6 is 11.3 Å². The number of Topliss-reactive ketones (excluding diaryl/α,β-unsaturated/α-hetero) is 1. The molecule has 1 fully saturated rings. The van der Waals surface area contributed by atoms with Gasteiger partial charge in [-0.05, 0) is 47.2 Å². The number of ketones is 1. The molecule has 0 radical (unpaired) electrons. The SMILES string of the molecule is COc1cc2c(cc1OCCCOc1cc3cc(C(=O)[C@@H]4C[C@H]4C(=O)O)sc3cc1OC)CN(C(=O)C[C@H](C)C(=O)O)C2. The predicted molar refractivity (Wildman–Crippen MR) is 156 cm³/mol. The second-order valence-electron chi connectivity index (χ2n) is 10.8. The average molecular weight is 612 g/mol. The van der Waals surface area contributed by atoms with Crippen LogP contribution in [-0.4, -0.2) is 66.2 Å². The maximum atomic E-state index is 12.7. The van der Waals surface area contributed by atoms with Crippen molar-refractivity contribution in [1.82, 2.24) is 4.90 Å². The van der Waals surface area contributed by atoms with E-state index in [0.717, 1.165) is 21.2 Å². The van der Waals surface area contributed by atoms with Crippen LogP contribution < -0.4 is 18.9 Å². The lowest BCUT2D eigenvalue weighted by atomic mass is 10.1. The molecule has 11 nitrogen and oxygen atoms in total. The second-order valence-corrected chi connectivity index (χ2v) is 11.9. The largest absolute Gasteiger partial charge is 0.493 e. The lowest BCUT2D eigenvalue weighted by Crippen LogP contribution is -2.28. The van der Waals surface area contributed by atoms with E-state index in [4.69, 9.17) is 29.2 Å². The molecule has 0 spiro atoms. The summed E-state index contributed by atoms with van der Waals surface area (Å²) in [5.74, 6) is -1.93. The zero-order valence-corrected chi connectivity index (χ0v) is 24.9. The summed E-state index contributed by atoms with van der Waals surface area (Å²) in [6, 6.07) is 9.11. The molecule has 1 aliphatic carbocycles. The fourth-order valence-electron chi connectivity index (χ4n) is 5.14. The van der Waals surface area contributed by atoms with E-state index in [0.29, 0.717) is 67.0 Å². The Balaban J connectivity index is 1.16. The van der Waals surface area contributed by atoms with E-state index < -0.39 is 29.7 Å². The lowest BCUT2D eigenvalue weighted by molar-refractivity contribution is -0.145. The maximum absolute atomic E-state index is 12.7. The van der Waals surface area contributed by atoms with Crippen LogP contribution in [-0.2, 0) is 27.5 Å². The first kappa shape index (κ1) is 30.1. The van der Waals surface area contributed by atoms with Crippen molar-refractivity contribution in [3.8, 4) is 23.0 Å². The smallest absolute Gasteiger partial charge is 0.307 e. The van der Waals surface area contributed by atoms with Gasteiger partial charge in [-0.15, -0.1) is 11.3 Å². The number of ether oxygens (including phenoxy) is 4. The fraction of sp³-hybridized carbons (Fsp3) is 0.419. The van der Waals surface area contributed by atoms with Crippen molar-refractivity contribution in [2.75, 3.05) is 27.4 Å². The van der Waals surface area contributed by atoms with Crippen molar-refractivity contribution in [2.45, 2.75) is 39.3 Å². The third-order valence-electron chi connectivity index (χ3n) is 7.76. The van der Waals surface area contributed by atoms with Gasteiger partial charge in [-0.25, -0.2) is 0 Å². The first-order chi connectivity index (χ1) is 20.6. The minimum absolute atomic E-state index is 0.0547. The van der Waals surface area contributed by atoms with Gasteiger partial charge in [0.1, 0.15) is 0 Å². The number of carbonyl (C=O) groups is 4. The van der Waals surface area contributed by atoms with Crippen molar-refractivity contribution in [3.05, 3.63) is 46.3 Å². The third kappa shape index (κ3) is 6.53. The predicted octanol–water partition coefficient (Wildman–Crippen LogP) is 4.62. The van der Waals surface area contributed by atoms with Crippen LogP contribution in [0.2, 0.25) is 0 Å². The first-order valence-corrected chi connectivity index (χ1v) is 14.8. The number of carboxylic acid groups (broad SMARTS) is 2. The van der Waals surface area contributed by atoms with E-state index in [1.807, 2.05) is 24.3 Å². The highest BCUT2D eigenvalue weighted by molar-refractivity contribution is 7.20. The van der Waals surface area contributed by atoms with Crippen molar-refractivity contribution in [1.29, 1.82) is 0 Å². The molecule has 2 aliphatic rings. The minimum Gasteiger partial charge on any atom is -0.493 e. The van der Waals surface area contributed by atoms with E-state index in [1.54, 1.807) is 25.2 Å². The van der Waals surface area contributed by atoms with E-state index in [2.05, 4.69) is 0 Å². The Hall–Kier alpha value is -4.32. The topological polar surface area (TPSA) is 149 Å². The molecule has 1 aromatic heterocycles. The van der Waals surface area contributed by atoms with Gasteiger partial charge in [0, 0.05) is 42.6 Å². The van der Waals surface area contributed by atoms with E-state index >= 15 is 0 Å². The number of thiophene rings is 1. The number of aliphatic carboxylic acids is 2. The molecule has 0 unspecified atom stereocenters. The monoisotopic (exact) mass is 611 g/mol. The molecule has 3 atom stereocenters. The van der Waals surface area contributed by atoms with Crippen LogP contribution in [0.4, 0.5) is 0 Å². The summed E-state index contributed by atoms with van der Waals surface area (Å²) in [5, 5.41) is 19.1. The Morgan fingerprint density at radius 2 is 1.49 bits per heavy atom. The zero-order chi connectivity index (χ0) is 30.8. The number of benzene rings is 2. The number of fused-ring (bicyclic) bond motifs is 2. The molecule has 3 aromatic rings. The van der Waals surface area contributed by atoms with Crippen molar-refractivity contribution in [2.24, 2.45) is 17.8 Å². The number of nitrogens with zero attached hydrogens (tertiary/aromatic N) is 1. The average Bonchev–Trinajstić information content (AvgIpc) is 3.52. The summed E-state index contributed by atoms with van der Waals surface area (Å²) in [5.41, 5.74) is 1.86. The summed E-state index contributed by atoms with van der Waals surface area (Å²) < 4.78 is 23.9. The molecule has 1 aliphatic heterocycles. The zero-order valence-electron chi connectivity index (χ0n) is 24.1. The normalized spacial score (nSPS) is 17.7. The summed E-state index contributed by atoms with van der Waals surface area (Å²) >= 11 is 1.32. The summed E-state index contributed by atoms with van der Waals surface area (Å²) in [4.78, 5) is 49.8. The number of hydrogen-bond acceptors (Lipinski definition) is 9. The molecule has 2 heterocycles. The van der Waals surface area contributed by atoms with Gasteiger partial charge in [-0.2, -0.15) is 0 Å². The van der Waals surface area contributed by atoms with E-state index in [-0.39, 0.29) is 18.1 Å². The third-order valence-corrected chi connectivity index (χ3v) is 8.87. The Bertz CT molecular complexity index is 1580.